The first-order valence-corrected chi connectivity index (χ1v) is 13.8. The molecule has 1 aliphatic heterocycles. The number of pyridine rings is 1. The fourth-order valence-electron chi connectivity index (χ4n) is 5.04. The van der Waals surface area contributed by atoms with Crippen molar-refractivity contribution in [1.82, 2.24) is 15.2 Å². The lowest BCUT2D eigenvalue weighted by atomic mass is 9.93. The van der Waals surface area contributed by atoms with Crippen molar-refractivity contribution in [1.29, 1.82) is 0 Å². The topological polar surface area (TPSA) is 90.0 Å². The van der Waals surface area contributed by atoms with E-state index in [9.17, 15) is 14.0 Å². The average molecular weight is 562 g/mol. The number of ether oxygens (including phenoxy) is 3. The second-order valence-electron chi connectivity index (χ2n) is 12.2. The number of benzene rings is 2. The minimum absolute atomic E-state index is 0.0792. The molecule has 0 radical (unpaired) electrons. The number of carbonyl (C=O) groups is 2. The number of fused-ring (bicyclic) bond motifs is 1. The Morgan fingerprint density at radius 2 is 1.63 bits per heavy atom. The predicted molar refractivity (Wildman–Crippen MR) is 152 cm³/mol. The SMILES string of the molecule is CC(C)(C)OC(=O)N1CC2C(C1)C2Oc1cc(C(C)(C)NC(=O)OCc2ccccc2)cc(-c2ccc(F)cc2)n1. The van der Waals surface area contributed by atoms with Crippen molar-refractivity contribution in [3.8, 4) is 17.1 Å². The van der Waals surface area contributed by atoms with E-state index < -0.39 is 17.2 Å². The number of likely N-dealkylation sites (tertiary alicyclic amines) is 1. The van der Waals surface area contributed by atoms with E-state index in [0.717, 1.165) is 11.1 Å². The maximum atomic E-state index is 13.6. The van der Waals surface area contributed by atoms with Crippen molar-refractivity contribution >= 4 is 12.2 Å². The summed E-state index contributed by atoms with van der Waals surface area (Å²) in [6.07, 6.45) is -0.945. The number of amides is 2. The van der Waals surface area contributed by atoms with Gasteiger partial charge in [0, 0.05) is 36.6 Å². The zero-order valence-corrected chi connectivity index (χ0v) is 24.0. The van der Waals surface area contributed by atoms with Crippen molar-refractivity contribution in [2.75, 3.05) is 13.1 Å². The highest BCUT2D eigenvalue weighted by Crippen LogP contribution is 2.48. The van der Waals surface area contributed by atoms with Gasteiger partial charge in [0.1, 0.15) is 24.1 Å². The summed E-state index contributed by atoms with van der Waals surface area (Å²) in [7, 11) is 0. The number of rotatable bonds is 7. The van der Waals surface area contributed by atoms with Crippen LogP contribution in [-0.4, -0.2) is 46.9 Å². The van der Waals surface area contributed by atoms with Crippen LogP contribution in [0.4, 0.5) is 14.0 Å². The molecule has 2 fully saturated rings. The van der Waals surface area contributed by atoms with Crippen LogP contribution in [-0.2, 0) is 21.6 Å². The van der Waals surface area contributed by atoms with E-state index in [1.807, 2.05) is 77.1 Å². The molecule has 2 aromatic carbocycles. The molecule has 9 heteroatoms. The molecule has 1 saturated carbocycles. The number of nitrogens with one attached hydrogen (secondary N) is 1. The van der Waals surface area contributed by atoms with E-state index in [2.05, 4.69) is 5.32 Å². The van der Waals surface area contributed by atoms with Crippen molar-refractivity contribution < 1.29 is 28.2 Å². The molecule has 2 aliphatic rings. The summed E-state index contributed by atoms with van der Waals surface area (Å²) in [6, 6.07) is 19.2. The Morgan fingerprint density at radius 1 is 0.976 bits per heavy atom. The standard InChI is InChI=1S/C32H36FN3O5/c1-31(2,3)41-30(38)36-17-24-25(18-36)28(24)40-27-16-22(15-26(34-27)21-11-13-23(33)14-12-21)32(4,5)35-29(37)39-19-20-9-7-6-8-10-20/h6-16,24-25,28H,17-19H2,1-5H3,(H,35,37). The Morgan fingerprint density at radius 3 is 2.27 bits per heavy atom. The van der Waals surface area contributed by atoms with Crippen LogP contribution >= 0.6 is 0 Å². The van der Waals surface area contributed by atoms with Crippen molar-refractivity contribution in [2.24, 2.45) is 11.8 Å². The molecule has 2 amide bonds. The van der Waals surface area contributed by atoms with Gasteiger partial charge in [0.15, 0.2) is 0 Å². The van der Waals surface area contributed by atoms with Crippen molar-refractivity contribution in [3.05, 3.63) is 83.7 Å². The van der Waals surface area contributed by atoms with Crippen molar-refractivity contribution in [2.45, 2.75) is 58.5 Å². The molecule has 1 saturated heterocycles. The van der Waals surface area contributed by atoms with E-state index in [0.29, 0.717) is 30.2 Å². The summed E-state index contributed by atoms with van der Waals surface area (Å²) in [5, 5.41) is 2.94. The molecule has 216 valence electrons. The van der Waals surface area contributed by atoms with Crippen molar-refractivity contribution in [3.63, 3.8) is 0 Å². The minimum atomic E-state index is -0.837. The van der Waals surface area contributed by atoms with Crippen LogP contribution in [0.5, 0.6) is 5.88 Å². The third kappa shape index (κ3) is 6.96. The maximum absolute atomic E-state index is 13.6. The summed E-state index contributed by atoms with van der Waals surface area (Å²) in [5.41, 5.74) is 1.56. The van der Waals surface area contributed by atoms with Gasteiger partial charge in [-0.05, 0) is 76.1 Å². The second-order valence-corrected chi connectivity index (χ2v) is 12.2. The summed E-state index contributed by atoms with van der Waals surface area (Å²) >= 11 is 0. The third-order valence-corrected chi connectivity index (χ3v) is 7.31. The largest absolute Gasteiger partial charge is 0.474 e. The van der Waals surface area contributed by atoms with Gasteiger partial charge < -0.3 is 24.4 Å². The Kier molecular flexibility index (Phi) is 7.64. The number of halogens is 1. The first kappa shape index (κ1) is 28.4. The molecule has 0 spiro atoms. The molecular formula is C32H36FN3O5. The number of hydrogen-bond acceptors (Lipinski definition) is 6. The van der Waals surface area contributed by atoms with E-state index in [1.165, 1.54) is 12.1 Å². The fourth-order valence-corrected chi connectivity index (χ4v) is 5.04. The summed E-state index contributed by atoms with van der Waals surface area (Å²) in [4.78, 5) is 31.6. The summed E-state index contributed by atoms with van der Waals surface area (Å²) < 4.78 is 30.9. The van der Waals surface area contributed by atoms with Gasteiger partial charge in [-0.1, -0.05) is 30.3 Å². The molecule has 2 atom stereocenters. The minimum Gasteiger partial charge on any atom is -0.474 e. The molecule has 0 bridgehead atoms. The van der Waals surface area contributed by atoms with Gasteiger partial charge in [-0.15, -0.1) is 0 Å². The maximum Gasteiger partial charge on any atom is 0.410 e. The lowest BCUT2D eigenvalue weighted by Crippen LogP contribution is -2.41. The molecule has 2 heterocycles. The van der Waals surface area contributed by atoms with Crippen LogP contribution in [0.15, 0.2) is 66.7 Å². The molecule has 1 aromatic heterocycles. The predicted octanol–water partition coefficient (Wildman–Crippen LogP) is 6.29. The number of nitrogens with zero attached hydrogens (tertiary/aromatic N) is 2. The zero-order chi connectivity index (χ0) is 29.4. The number of aromatic nitrogens is 1. The smallest absolute Gasteiger partial charge is 0.410 e. The van der Waals surface area contributed by atoms with E-state index in [1.54, 1.807) is 17.0 Å². The molecule has 5 rings (SSSR count). The molecule has 41 heavy (non-hydrogen) atoms. The first-order valence-electron chi connectivity index (χ1n) is 13.8. The molecule has 2 unspecified atom stereocenters. The molecule has 1 aliphatic carbocycles. The quantitative estimate of drug-likeness (QED) is 0.365. The van der Waals surface area contributed by atoms with Gasteiger partial charge in [0.25, 0.3) is 0 Å². The van der Waals surface area contributed by atoms with Gasteiger partial charge >= 0.3 is 12.2 Å². The average Bonchev–Trinajstić information content (AvgIpc) is 3.33. The highest BCUT2D eigenvalue weighted by molar-refractivity contribution is 5.70. The molecule has 8 nitrogen and oxygen atoms in total. The molecule has 1 N–H and O–H groups in total. The number of alkyl carbamates (subject to hydrolysis) is 1. The fraction of sp³-hybridized carbons (Fsp3) is 0.406. The summed E-state index contributed by atoms with van der Waals surface area (Å²) in [6.45, 7) is 10.6. The number of hydrogen-bond donors (Lipinski definition) is 1. The first-order chi connectivity index (χ1) is 19.4. The van der Waals surface area contributed by atoms with Gasteiger partial charge in [-0.3, -0.25) is 0 Å². The van der Waals surface area contributed by atoms with E-state index in [4.69, 9.17) is 19.2 Å². The lowest BCUT2D eigenvalue weighted by molar-refractivity contribution is 0.0252. The highest BCUT2D eigenvalue weighted by atomic mass is 19.1. The zero-order valence-electron chi connectivity index (χ0n) is 24.0. The van der Waals surface area contributed by atoms with Crippen LogP contribution in [0.1, 0.15) is 45.7 Å². The number of piperidine rings is 1. The summed E-state index contributed by atoms with van der Waals surface area (Å²) in [5.74, 6) is 0.449. The Labute approximate surface area is 239 Å². The van der Waals surface area contributed by atoms with Crippen LogP contribution in [0, 0.1) is 17.7 Å². The number of carbonyl (C=O) groups excluding carboxylic acids is 2. The molecule has 3 aromatic rings. The van der Waals surface area contributed by atoms with Gasteiger partial charge in [0.05, 0.1) is 11.2 Å². The van der Waals surface area contributed by atoms with E-state index >= 15 is 0 Å². The van der Waals surface area contributed by atoms with Crippen LogP contribution < -0.4 is 10.1 Å². The second kappa shape index (κ2) is 11.0. The monoisotopic (exact) mass is 561 g/mol. The Hall–Kier alpha value is -4.14. The lowest BCUT2D eigenvalue weighted by Gasteiger charge is -2.28. The molecular weight excluding hydrogens is 525 g/mol. The third-order valence-electron chi connectivity index (χ3n) is 7.31. The van der Waals surface area contributed by atoms with Gasteiger partial charge in [-0.25, -0.2) is 19.0 Å². The Bertz CT molecular complexity index is 1390. The van der Waals surface area contributed by atoms with Gasteiger partial charge in [-0.2, -0.15) is 0 Å². The Balaban J connectivity index is 1.31. The van der Waals surface area contributed by atoms with Gasteiger partial charge in [0.2, 0.25) is 5.88 Å². The van der Waals surface area contributed by atoms with Crippen LogP contribution in [0.25, 0.3) is 11.3 Å². The highest BCUT2D eigenvalue weighted by Gasteiger charge is 2.59. The van der Waals surface area contributed by atoms with E-state index in [-0.39, 0.29) is 36.5 Å². The normalized spacial score (nSPS) is 19.8. The van der Waals surface area contributed by atoms with Crippen LogP contribution in [0.3, 0.4) is 0 Å². The van der Waals surface area contributed by atoms with Crippen LogP contribution in [0.2, 0.25) is 0 Å².